The van der Waals surface area contributed by atoms with Crippen molar-refractivity contribution < 1.29 is 22.8 Å². The number of rotatable bonds is 3. The van der Waals surface area contributed by atoms with Crippen molar-refractivity contribution >= 4 is 29.5 Å². The first-order chi connectivity index (χ1) is 11.3. The zero-order chi connectivity index (χ0) is 17.7. The lowest BCUT2D eigenvalue weighted by molar-refractivity contribution is -0.186. The van der Waals surface area contributed by atoms with Crippen molar-refractivity contribution in [2.24, 2.45) is 0 Å². The molecule has 8 heteroatoms. The van der Waals surface area contributed by atoms with Crippen LogP contribution < -0.4 is 5.32 Å². The van der Waals surface area contributed by atoms with Crippen LogP contribution in [0.15, 0.2) is 30.3 Å². The molecule has 1 N–H and O–H groups in total. The molecular weight excluding hydrogens is 345 g/mol. The molecule has 0 atom stereocenters. The Labute approximate surface area is 142 Å². The summed E-state index contributed by atoms with van der Waals surface area (Å²) in [4.78, 5) is 23.8. The Morgan fingerprint density at radius 2 is 1.83 bits per heavy atom. The normalized spacial score (nSPS) is 16.4. The number of hydrogen-bond donors (Lipinski definition) is 1. The van der Waals surface area contributed by atoms with Gasteiger partial charge in [0.05, 0.1) is 0 Å². The lowest BCUT2D eigenvalue weighted by Crippen LogP contribution is -2.49. The van der Waals surface area contributed by atoms with Gasteiger partial charge in [0.1, 0.15) is 0 Å². The number of benzene rings is 1. The molecule has 1 heterocycles. The minimum atomic E-state index is -4.85. The second-order valence-electron chi connectivity index (χ2n) is 5.43. The standard InChI is InChI=1S/C16H16ClF3N2O2/c17-13-4-2-1-3-11(13)5-6-14(23)21-12-7-9-22(10-8-12)15(24)16(18,19)20/h1-6,12H,7-10H2,(H,21,23)/b6-5+. The second-order valence-corrected chi connectivity index (χ2v) is 5.83. The van der Waals surface area contributed by atoms with Gasteiger partial charge in [-0.15, -0.1) is 0 Å². The first-order valence-electron chi connectivity index (χ1n) is 7.36. The Kier molecular flexibility index (Phi) is 5.88. The highest BCUT2D eigenvalue weighted by Gasteiger charge is 2.43. The lowest BCUT2D eigenvalue weighted by atomic mass is 10.0. The van der Waals surface area contributed by atoms with Gasteiger partial charge in [0.25, 0.3) is 0 Å². The fourth-order valence-corrected chi connectivity index (χ4v) is 2.63. The number of halogens is 4. The maximum atomic E-state index is 12.4. The SMILES string of the molecule is O=C(/C=C/c1ccccc1Cl)NC1CCN(C(=O)C(F)(F)F)CC1. The largest absolute Gasteiger partial charge is 0.471 e. The molecule has 1 saturated heterocycles. The summed E-state index contributed by atoms with van der Waals surface area (Å²) in [5, 5.41) is 3.23. The number of carbonyl (C=O) groups is 2. The zero-order valence-corrected chi connectivity index (χ0v) is 13.4. The lowest BCUT2D eigenvalue weighted by Gasteiger charge is -2.32. The number of carbonyl (C=O) groups excluding carboxylic acids is 2. The molecule has 0 unspecified atom stereocenters. The molecule has 130 valence electrons. The van der Waals surface area contributed by atoms with Crippen molar-refractivity contribution in [2.75, 3.05) is 13.1 Å². The maximum absolute atomic E-state index is 12.4. The maximum Gasteiger partial charge on any atom is 0.471 e. The number of amides is 2. The molecule has 1 aromatic carbocycles. The number of piperidine rings is 1. The van der Waals surface area contributed by atoms with E-state index >= 15 is 0 Å². The Morgan fingerprint density at radius 1 is 1.21 bits per heavy atom. The third-order valence-electron chi connectivity index (χ3n) is 3.69. The van der Waals surface area contributed by atoms with Crippen LogP contribution >= 0.6 is 11.6 Å². The zero-order valence-electron chi connectivity index (χ0n) is 12.6. The molecule has 1 fully saturated rings. The topological polar surface area (TPSA) is 49.4 Å². The van der Waals surface area contributed by atoms with E-state index in [1.165, 1.54) is 6.08 Å². The van der Waals surface area contributed by atoms with Crippen molar-refractivity contribution in [3.63, 3.8) is 0 Å². The van der Waals surface area contributed by atoms with E-state index < -0.39 is 12.1 Å². The van der Waals surface area contributed by atoms with Crippen LogP contribution in [0, 0.1) is 0 Å². The smallest absolute Gasteiger partial charge is 0.350 e. The van der Waals surface area contributed by atoms with Crippen LogP contribution in [0.25, 0.3) is 6.08 Å². The van der Waals surface area contributed by atoms with Crippen LogP contribution in [0.1, 0.15) is 18.4 Å². The van der Waals surface area contributed by atoms with Crippen LogP contribution in [0.2, 0.25) is 5.02 Å². The Hall–Kier alpha value is -2.02. The Morgan fingerprint density at radius 3 is 2.42 bits per heavy atom. The molecule has 1 aliphatic rings. The van der Waals surface area contributed by atoms with Crippen molar-refractivity contribution in [3.8, 4) is 0 Å². The molecule has 1 aliphatic heterocycles. The van der Waals surface area contributed by atoms with Crippen LogP contribution in [-0.2, 0) is 9.59 Å². The van der Waals surface area contributed by atoms with E-state index in [1.807, 2.05) is 0 Å². The highest BCUT2D eigenvalue weighted by Crippen LogP contribution is 2.21. The van der Waals surface area contributed by atoms with E-state index in [1.54, 1.807) is 30.3 Å². The number of likely N-dealkylation sites (tertiary alicyclic amines) is 1. The number of hydrogen-bond acceptors (Lipinski definition) is 2. The number of alkyl halides is 3. The Bertz CT molecular complexity index is 638. The molecule has 4 nitrogen and oxygen atoms in total. The van der Waals surface area contributed by atoms with Crippen LogP contribution in [0.4, 0.5) is 13.2 Å². The molecule has 0 bridgehead atoms. The Balaban J connectivity index is 1.82. The van der Waals surface area contributed by atoms with Crippen molar-refractivity contribution in [3.05, 3.63) is 40.9 Å². The number of nitrogens with zero attached hydrogens (tertiary/aromatic N) is 1. The van der Waals surface area contributed by atoms with Gasteiger partial charge in [-0.2, -0.15) is 13.2 Å². The molecule has 0 spiro atoms. The third kappa shape index (κ3) is 4.99. The fraction of sp³-hybridized carbons (Fsp3) is 0.375. The van der Waals surface area contributed by atoms with Gasteiger partial charge >= 0.3 is 12.1 Å². The molecule has 24 heavy (non-hydrogen) atoms. The van der Waals surface area contributed by atoms with E-state index in [-0.39, 0.29) is 37.9 Å². The monoisotopic (exact) mass is 360 g/mol. The van der Waals surface area contributed by atoms with E-state index in [0.29, 0.717) is 10.6 Å². The first kappa shape index (κ1) is 18.3. The highest BCUT2D eigenvalue weighted by atomic mass is 35.5. The molecular formula is C16H16ClF3N2O2. The first-order valence-corrected chi connectivity index (χ1v) is 7.74. The molecule has 2 rings (SSSR count). The van der Waals surface area contributed by atoms with Crippen molar-refractivity contribution in [1.82, 2.24) is 10.2 Å². The van der Waals surface area contributed by atoms with Crippen LogP contribution in [0.5, 0.6) is 0 Å². The number of nitrogens with one attached hydrogen (secondary N) is 1. The minimum Gasteiger partial charge on any atom is -0.350 e. The van der Waals surface area contributed by atoms with Gasteiger partial charge in [0.15, 0.2) is 0 Å². The van der Waals surface area contributed by atoms with Crippen molar-refractivity contribution in [2.45, 2.75) is 25.1 Å². The summed E-state index contributed by atoms with van der Waals surface area (Å²) in [5.41, 5.74) is 0.694. The van der Waals surface area contributed by atoms with E-state index in [2.05, 4.69) is 5.32 Å². The predicted molar refractivity (Wildman–Crippen MR) is 84.3 cm³/mol. The van der Waals surface area contributed by atoms with Gasteiger partial charge < -0.3 is 10.2 Å². The summed E-state index contributed by atoms with van der Waals surface area (Å²) < 4.78 is 37.1. The van der Waals surface area contributed by atoms with Gasteiger partial charge in [-0.05, 0) is 30.5 Å². The summed E-state index contributed by atoms with van der Waals surface area (Å²) in [7, 11) is 0. The van der Waals surface area contributed by atoms with E-state index in [9.17, 15) is 22.8 Å². The molecule has 0 radical (unpaired) electrons. The predicted octanol–water partition coefficient (Wildman–Crippen LogP) is 3.02. The highest BCUT2D eigenvalue weighted by molar-refractivity contribution is 6.32. The average molecular weight is 361 g/mol. The second kappa shape index (κ2) is 7.70. The fourth-order valence-electron chi connectivity index (χ4n) is 2.43. The van der Waals surface area contributed by atoms with Gasteiger partial charge in [0.2, 0.25) is 5.91 Å². The third-order valence-corrected chi connectivity index (χ3v) is 4.03. The molecule has 2 amide bonds. The van der Waals surface area contributed by atoms with Gasteiger partial charge in [0, 0.05) is 30.2 Å². The summed E-state index contributed by atoms with van der Waals surface area (Å²) in [5.74, 6) is -2.18. The van der Waals surface area contributed by atoms with Crippen LogP contribution in [-0.4, -0.2) is 42.0 Å². The average Bonchev–Trinajstić information content (AvgIpc) is 2.53. The molecule has 0 aliphatic carbocycles. The summed E-state index contributed by atoms with van der Waals surface area (Å²) in [6.07, 6.45) is -1.39. The van der Waals surface area contributed by atoms with Gasteiger partial charge in [-0.25, -0.2) is 0 Å². The molecule has 0 aromatic heterocycles. The molecule has 0 saturated carbocycles. The molecule has 1 aromatic rings. The quantitative estimate of drug-likeness (QED) is 0.842. The summed E-state index contributed by atoms with van der Waals surface area (Å²) >= 11 is 5.97. The summed E-state index contributed by atoms with van der Waals surface area (Å²) in [6.45, 7) is -0.0605. The van der Waals surface area contributed by atoms with Gasteiger partial charge in [-0.1, -0.05) is 29.8 Å². The van der Waals surface area contributed by atoms with Crippen LogP contribution in [0.3, 0.4) is 0 Å². The van der Waals surface area contributed by atoms with E-state index in [0.717, 1.165) is 4.90 Å². The van der Waals surface area contributed by atoms with E-state index in [4.69, 9.17) is 11.6 Å². The van der Waals surface area contributed by atoms with Gasteiger partial charge in [-0.3, -0.25) is 9.59 Å². The van der Waals surface area contributed by atoms with Crippen molar-refractivity contribution in [1.29, 1.82) is 0 Å². The summed E-state index contributed by atoms with van der Waals surface area (Å²) in [6, 6.07) is 6.76. The minimum absolute atomic E-state index is 0.0302.